The Morgan fingerprint density at radius 2 is 2.12 bits per heavy atom. The molecule has 0 aliphatic carbocycles. The van der Waals surface area contributed by atoms with E-state index in [2.05, 4.69) is 58.5 Å². The zero-order valence-electron chi connectivity index (χ0n) is 15.2. The summed E-state index contributed by atoms with van der Waals surface area (Å²) in [5.74, 6) is 1.46. The molecule has 1 aromatic carbocycles. The van der Waals surface area contributed by atoms with Crippen molar-refractivity contribution in [3.63, 3.8) is 0 Å². The molecule has 6 nitrogen and oxygen atoms in total. The van der Waals surface area contributed by atoms with Crippen LogP contribution in [0.2, 0.25) is 0 Å². The molecule has 2 atom stereocenters. The number of likely N-dealkylation sites (tertiary alicyclic amines) is 1. The van der Waals surface area contributed by atoms with Crippen molar-refractivity contribution in [3.8, 4) is 0 Å². The molecule has 134 valence electrons. The van der Waals surface area contributed by atoms with E-state index in [1.165, 1.54) is 11.1 Å². The Labute approximate surface area is 148 Å². The first-order valence-electron chi connectivity index (χ1n) is 8.93. The highest BCUT2D eigenvalue weighted by atomic mass is 16.5. The Bertz CT molecular complexity index is 710. The monoisotopic (exact) mass is 342 g/mol. The highest BCUT2D eigenvalue weighted by Crippen LogP contribution is 2.36. The first kappa shape index (κ1) is 17.6. The average molecular weight is 342 g/mol. The molecule has 1 aliphatic rings. The molecular formula is C19H26N4O2. The lowest BCUT2D eigenvalue weighted by molar-refractivity contribution is -0.120. The van der Waals surface area contributed by atoms with Gasteiger partial charge in [-0.15, -0.1) is 0 Å². The van der Waals surface area contributed by atoms with Gasteiger partial charge in [0, 0.05) is 19.0 Å². The number of carbonyl (C=O) groups excluding carboxylic acids is 1. The standard InChI is InChI=1S/C19H26N4O2/c1-4-16-15(14-7-5-13(2)6-8-14)9-10-23(16)12-19-21-17(22-25-19)11-18(24)20-3/h5-8,15-16H,4,9-12H2,1-3H3,(H,20,24)/t15-,16+/m0/s1. The lowest BCUT2D eigenvalue weighted by atomic mass is 9.90. The van der Waals surface area contributed by atoms with E-state index in [9.17, 15) is 4.79 Å². The van der Waals surface area contributed by atoms with Crippen LogP contribution in [0, 0.1) is 6.92 Å². The fourth-order valence-corrected chi connectivity index (χ4v) is 3.69. The molecule has 6 heteroatoms. The number of likely N-dealkylation sites (N-methyl/N-ethyl adjacent to an activating group) is 1. The molecule has 1 fully saturated rings. The van der Waals surface area contributed by atoms with E-state index >= 15 is 0 Å². The maximum absolute atomic E-state index is 11.4. The summed E-state index contributed by atoms with van der Waals surface area (Å²) in [4.78, 5) is 18.2. The number of carbonyl (C=O) groups is 1. The molecule has 2 aromatic rings. The highest BCUT2D eigenvalue weighted by molar-refractivity contribution is 5.77. The van der Waals surface area contributed by atoms with Crippen molar-refractivity contribution in [2.24, 2.45) is 0 Å². The van der Waals surface area contributed by atoms with Crippen LogP contribution in [-0.2, 0) is 17.8 Å². The summed E-state index contributed by atoms with van der Waals surface area (Å²) in [6.45, 7) is 6.01. The van der Waals surface area contributed by atoms with Crippen LogP contribution in [-0.4, -0.2) is 40.6 Å². The zero-order valence-corrected chi connectivity index (χ0v) is 15.2. The van der Waals surface area contributed by atoms with Crippen molar-refractivity contribution in [3.05, 3.63) is 47.1 Å². The summed E-state index contributed by atoms with van der Waals surface area (Å²) in [7, 11) is 1.60. The normalized spacial score (nSPS) is 20.8. The van der Waals surface area contributed by atoms with Gasteiger partial charge in [0.1, 0.15) is 0 Å². The number of rotatable bonds is 6. The third-order valence-electron chi connectivity index (χ3n) is 5.03. The second-order valence-electron chi connectivity index (χ2n) is 6.71. The summed E-state index contributed by atoms with van der Waals surface area (Å²) >= 11 is 0. The van der Waals surface area contributed by atoms with Gasteiger partial charge in [-0.3, -0.25) is 9.69 Å². The third-order valence-corrected chi connectivity index (χ3v) is 5.03. The van der Waals surface area contributed by atoms with E-state index in [0.717, 1.165) is 19.4 Å². The maximum Gasteiger partial charge on any atom is 0.240 e. The number of nitrogens with zero attached hydrogens (tertiary/aromatic N) is 3. The minimum absolute atomic E-state index is 0.112. The van der Waals surface area contributed by atoms with Crippen molar-refractivity contribution >= 4 is 5.91 Å². The first-order chi connectivity index (χ1) is 12.1. The lowest BCUT2D eigenvalue weighted by Gasteiger charge is -2.26. The Kier molecular flexibility index (Phi) is 5.48. The summed E-state index contributed by atoms with van der Waals surface area (Å²) in [5.41, 5.74) is 2.70. The number of benzene rings is 1. The van der Waals surface area contributed by atoms with E-state index in [0.29, 0.717) is 30.2 Å². The summed E-state index contributed by atoms with van der Waals surface area (Å²) in [5, 5.41) is 6.48. The summed E-state index contributed by atoms with van der Waals surface area (Å²) in [6, 6.07) is 9.35. The largest absolute Gasteiger partial charge is 0.359 e. The van der Waals surface area contributed by atoms with Crippen LogP contribution in [0.1, 0.15) is 48.5 Å². The predicted molar refractivity (Wildman–Crippen MR) is 95.1 cm³/mol. The van der Waals surface area contributed by atoms with Gasteiger partial charge in [-0.1, -0.05) is 41.9 Å². The number of hydrogen-bond donors (Lipinski definition) is 1. The van der Waals surface area contributed by atoms with Crippen molar-refractivity contribution in [1.82, 2.24) is 20.4 Å². The number of aryl methyl sites for hydroxylation is 1. The molecule has 0 saturated carbocycles. The topological polar surface area (TPSA) is 71.3 Å². The third kappa shape index (κ3) is 4.07. The van der Waals surface area contributed by atoms with Gasteiger partial charge in [0.05, 0.1) is 13.0 Å². The minimum atomic E-state index is -0.112. The minimum Gasteiger partial charge on any atom is -0.359 e. The van der Waals surface area contributed by atoms with Gasteiger partial charge >= 0.3 is 0 Å². The van der Waals surface area contributed by atoms with Gasteiger partial charge in [0.2, 0.25) is 11.8 Å². The first-order valence-corrected chi connectivity index (χ1v) is 8.93. The van der Waals surface area contributed by atoms with Gasteiger partial charge in [0.15, 0.2) is 5.82 Å². The van der Waals surface area contributed by atoms with Crippen LogP contribution in [0.5, 0.6) is 0 Å². The molecule has 0 radical (unpaired) electrons. The second-order valence-corrected chi connectivity index (χ2v) is 6.71. The molecule has 1 saturated heterocycles. The Balaban J connectivity index is 1.67. The molecule has 1 aliphatic heterocycles. The summed E-state index contributed by atoms with van der Waals surface area (Å²) in [6.07, 6.45) is 2.38. The Morgan fingerprint density at radius 1 is 1.36 bits per heavy atom. The Hall–Kier alpha value is -2.21. The zero-order chi connectivity index (χ0) is 17.8. The molecule has 0 bridgehead atoms. The van der Waals surface area contributed by atoms with Crippen molar-refractivity contribution in [1.29, 1.82) is 0 Å². The number of amides is 1. The molecule has 0 spiro atoms. The van der Waals surface area contributed by atoms with E-state index in [1.54, 1.807) is 7.05 Å². The Morgan fingerprint density at radius 3 is 2.80 bits per heavy atom. The van der Waals surface area contributed by atoms with Gasteiger partial charge in [-0.2, -0.15) is 4.98 Å². The number of aromatic nitrogens is 2. The number of hydrogen-bond acceptors (Lipinski definition) is 5. The molecule has 2 heterocycles. The van der Waals surface area contributed by atoms with E-state index in [4.69, 9.17) is 4.52 Å². The molecule has 1 aromatic heterocycles. The molecule has 1 N–H and O–H groups in total. The van der Waals surface area contributed by atoms with Crippen LogP contribution in [0.4, 0.5) is 0 Å². The smallest absolute Gasteiger partial charge is 0.240 e. The van der Waals surface area contributed by atoms with Crippen LogP contribution >= 0.6 is 0 Å². The average Bonchev–Trinajstić information content (AvgIpc) is 3.22. The molecular weight excluding hydrogens is 316 g/mol. The van der Waals surface area contributed by atoms with Gasteiger partial charge < -0.3 is 9.84 Å². The van der Waals surface area contributed by atoms with Crippen molar-refractivity contribution in [2.75, 3.05) is 13.6 Å². The van der Waals surface area contributed by atoms with E-state index in [1.807, 2.05) is 0 Å². The van der Waals surface area contributed by atoms with Gasteiger partial charge in [-0.25, -0.2) is 0 Å². The summed E-state index contributed by atoms with van der Waals surface area (Å²) < 4.78 is 5.34. The van der Waals surface area contributed by atoms with Crippen molar-refractivity contribution < 1.29 is 9.32 Å². The van der Waals surface area contributed by atoms with Crippen molar-refractivity contribution in [2.45, 2.75) is 51.6 Å². The lowest BCUT2D eigenvalue weighted by Crippen LogP contribution is -2.31. The van der Waals surface area contributed by atoms with E-state index in [-0.39, 0.29) is 12.3 Å². The molecule has 1 amide bonds. The fourth-order valence-electron chi connectivity index (χ4n) is 3.69. The quantitative estimate of drug-likeness (QED) is 0.873. The maximum atomic E-state index is 11.4. The van der Waals surface area contributed by atoms with Crippen LogP contribution in [0.3, 0.4) is 0 Å². The molecule has 0 unspecified atom stereocenters. The van der Waals surface area contributed by atoms with E-state index < -0.39 is 0 Å². The fraction of sp³-hybridized carbons (Fsp3) is 0.526. The SMILES string of the molecule is CC[C@@H]1[C@H](c2ccc(C)cc2)CCN1Cc1nc(CC(=O)NC)no1. The highest BCUT2D eigenvalue weighted by Gasteiger charge is 2.34. The van der Waals surface area contributed by atoms with Gasteiger partial charge in [0.25, 0.3) is 0 Å². The van der Waals surface area contributed by atoms with Gasteiger partial charge in [-0.05, 0) is 31.9 Å². The second kappa shape index (κ2) is 7.78. The predicted octanol–water partition coefficient (Wildman–Crippen LogP) is 2.43. The van der Waals surface area contributed by atoms with Crippen LogP contribution in [0.25, 0.3) is 0 Å². The molecule has 25 heavy (non-hydrogen) atoms. The number of nitrogens with one attached hydrogen (secondary N) is 1. The van der Waals surface area contributed by atoms with Crippen LogP contribution < -0.4 is 5.32 Å². The van der Waals surface area contributed by atoms with Crippen LogP contribution in [0.15, 0.2) is 28.8 Å². The molecule has 3 rings (SSSR count).